The lowest BCUT2D eigenvalue weighted by Gasteiger charge is -2.20. The van der Waals surface area contributed by atoms with Gasteiger partial charge in [-0.05, 0) is 41.0 Å². The first-order chi connectivity index (χ1) is 12.8. The summed E-state index contributed by atoms with van der Waals surface area (Å²) in [5, 5.41) is 5.89. The van der Waals surface area contributed by atoms with Crippen molar-refractivity contribution >= 4 is 11.6 Å². The molecule has 0 fully saturated rings. The molecule has 7 heteroatoms. The fourth-order valence-electron chi connectivity index (χ4n) is 3.78. The number of carbonyl (C=O) groups is 1. The number of aryl methyl sites for hydroxylation is 1. The predicted octanol–water partition coefficient (Wildman–Crippen LogP) is 4.53. The number of anilines is 1. The third kappa shape index (κ3) is 2.92. The monoisotopic (exact) mass is 354 g/mol. The fraction of sp³-hybridized carbons (Fsp3) is 0.444. The minimum Gasteiger partial charge on any atom is -0.322 e. The van der Waals surface area contributed by atoms with Crippen LogP contribution in [0.25, 0.3) is 0 Å². The molecule has 1 unspecified atom stereocenters. The number of carbonyl (C=O) groups excluding carboxylic acids is 1. The van der Waals surface area contributed by atoms with Crippen molar-refractivity contribution < 1.29 is 22.1 Å². The van der Waals surface area contributed by atoms with Crippen LogP contribution in [-0.2, 0) is 12.4 Å². The number of aromatic nitrogens is 2. The first-order valence-corrected chi connectivity index (χ1v) is 7.85. The van der Waals surface area contributed by atoms with Crippen molar-refractivity contribution in [2.24, 2.45) is 6.98 Å². The van der Waals surface area contributed by atoms with Crippen LogP contribution in [0.4, 0.5) is 18.9 Å². The quantitative estimate of drug-likeness (QED) is 0.880. The molecule has 0 spiro atoms. The Kier molecular flexibility index (Phi) is 3.28. The Morgan fingerprint density at radius 2 is 2.20 bits per heavy atom. The number of hydrogen-bond acceptors (Lipinski definition) is 2. The highest BCUT2D eigenvalue weighted by molar-refractivity contribution is 6.05. The van der Waals surface area contributed by atoms with Crippen LogP contribution in [0.3, 0.4) is 0 Å². The number of alkyl halides is 2. The predicted molar refractivity (Wildman–Crippen MR) is 88.6 cm³/mol. The van der Waals surface area contributed by atoms with E-state index in [1.165, 1.54) is 12.1 Å². The van der Waals surface area contributed by atoms with Crippen molar-refractivity contribution in [3.05, 3.63) is 46.5 Å². The Morgan fingerprint density at radius 1 is 1.48 bits per heavy atom. The minimum absolute atomic E-state index is 0.0457. The van der Waals surface area contributed by atoms with Gasteiger partial charge in [0.2, 0.25) is 0 Å². The van der Waals surface area contributed by atoms with Crippen LogP contribution in [0.2, 0.25) is 0 Å². The van der Waals surface area contributed by atoms with Gasteiger partial charge in [-0.3, -0.25) is 9.48 Å². The molecule has 3 rings (SSSR count). The largest absolute Gasteiger partial charge is 0.322 e. The Balaban J connectivity index is 2.02. The number of rotatable bonds is 3. The van der Waals surface area contributed by atoms with Crippen molar-refractivity contribution in [3.8, 4) is 0 Å². The van der Waals surface area contributed by atoms with Crippen LogP contribution in [0.5, 0.6) is 0 Å². The SMILES string of the molecule is [2H]C([2H])([2H])n1cc(C(=O)Nc2ccc(F)c3c2C(C)CC3(C)C)c(C(F)F)n1. The van der Waals surface area contributed by atoms with Gasteiger partial charge >= 0.3 is 0 Å². The first-order valence-electron chi connectivity index (χ1n) is 9.35. The van der Waals surface area contributed by atoms with Gasteiger partial charge in [-0.25, -0.2) is 13.2 Å². The molecule has 1 heterocycles. The molecule has 1 atom stereocenters. The zero-order chi connectivity index (χ0) is 21.0. The summed E-state index contributed by atoms with van der Waals surface area (Å²) in [6.45, 7) is 2.91. The maximum atomic E-state index is 14.4. The number of fused-ring (bicyclic) bond motifs is 1. The van der Waals surface area contributed by atoms with Crippen LogP contribution in [0.15, 0.2) is 18.3 Å². The molecule has 25 heavy (non-hydrogen) atoms. The summed E-state index contributed by atoms with van der Waals surface area (Å²) in [6, 6.07) is 2.62. The van der Waals surface area contributed by atoms with E-state index in [1.54, 1.807) is 0 Å². The van der Waals surface area contributed by atoms with Gasteiger partial charge in [-0.1, -0.05) is 20.8 Å². The van der Waals surface area contributed by atoms with Gasteiger partial charge in [0.25, 0.3) is 12.3 Å². The average Bonchev–Trinajstić information content (AvgIpc) is 3.10. The van der Waals surface area contributed by atoms with E-state index in [0.717, 1.165) is 6.20 Å². The summed E-state index contributed by atoms with van der Waals surface area (Å²) >= 11 is 0. The van der Waals surface area contributed by atoms with Crippen LogP contribution in [-0.4, -0.2) is 15.7 Å². The zero-order valence-corrected chi connectivity index (χ0v) is 14.0. The first kappa shape index (κ1) is 13.9. The van der Waals surface area contributed by atoms with E-state index >= 15 is 0 Å². The second kappa shape index (κ2) is 5.89. The van der Waals surface area contributed by atoms with Crippen molar-refractivity contribution in [1.82, 2.24) is 9.78 Å². The molecule has 134 valence electrons. The highest BCUT2D eigenvalue weighted by Crippen LogP contribution is 2.49. The third-order valence-corrected chi connectivity index (χ3v) is 4.62. The van der Waals surface area contributed by atoms with E-state index in [0.29, 0.717) is 27.9 Å². The van der Waals surface area contributed by atoms with Crippen molar-refractivity contribution in [3.63, 3.8) is 0 Å². The van der Waals surface area contributed by atoms with Gasteiger partial charge in [0.15, 0.2) is 0 Å². The Labute approximate surface area is 148 Å². The van der Waals surface area contributed by atoms with Crippen molar-refractivity contribution in [1.29, 1.82) is 0 Å². The van der Waals surface area contributed by atoms with E-state index in [1.807, 2.05) is 20.8 Å². The van der Waals surface area contributed by atoms with Crippen LogP contribution >= 0.6 is 0 Å². The molecule has 1 aliphatic rings. The molecule has 0 saturated heterocycles. The second-order valence-electron chi connectivity index (χ2n) is 7.00. The highest BCUT2D eigenvalue weighted by Gasteiger charge is 2.39. The maximum absolute atomic E-state index is 14.4. The number of hydrogen-bond donors (Lipinski definition) is 1. The molecule has 2 aromatic rings. The third-order valence-electron chi connectivity index (χ3n) is 4.62. The topological polar surface area (TPSA) is 46.9 Å². The molecule has 1 amide bonds. The summed E-state index contributed by atoms with van der Waals surface area (Å²) in [7, 11) is 0. The Bertz CT molecular complexity index is 938. The lowest BCUT2D eigenvalue weighted by molar-refractivity contribution is 0.101. The Hall–Kier alpha value is -2.31. The molecular formula is C18H20F3N3O. The molecule has 1 N–H and O–H groups in total. The molecular weight excluding hydrogens is 331 g/mol. The van der Waals surface area contributed by atoms with E-state index in [-0.39, 0.29) is 11.7 Å². The van der Waals surface area contributed by atoms with E-state index < -0.39 is 36.0 Å². The smallest absolute Gasteiger partial charge is 0.282 e. The Morgan fingerprint density at radius 3 is 2.84 bits per heavy atom. The number of amides is 1. The second-order valence-corrected chi connectivity index (χ2v) is 7.00. The van der Waals surface area contributed by atoms with Gasteiger partial charge in [-0.15, -0.1) is 0 Å². The summed E-state index contributed by atoms with van der Waals surface area (Å²) in [5.74, 6) is -1.35. The fourth-order valence-corrected chi connectivity index (χ4v) is 3.78. The van der Waals surface area contributed by atoms with Crippen LogP contribution in [0, 0.1) is 5.82 Å². The van der Waals surface area contributed by atoms with Gasteiger partial charge in [0.1, 0.15) is 11.5 Å². The van der Waals surface area contributed by atoms with Gasteiger partial charge in [-0.2, -0.15) is 5.10 Å². The number of halogens is 3. The zero-order valence-electron chi connectivity index (χ0n) is 17.0. The lowest BCUT2D eigenvalue weighted by Crippen LogP contribution is -2.17. The van der Waals surface area contributed by atoms with Gasteiger partial charge in [0.05, 0.1) is 5.56 Å². The number of benzene rings is 1. The summed E-state index contributed by atoms with van der Waals surface area (Å²) in [5.41, 5.74) is -0.443. The van der Waals surface area contributed by atoms with E-state index in [9.17, 15) is 18.0 Å². The summed E-state index contributed by atoms with van der Waals surface area (Å²) in [4.78, 5) is 12.7. The molecule has 0 aliphatic heterocycles. The molecule has 0 radical (unpaired) electrons. The molecule has 1 aromatic carbocycles. The maximum Gasteiger partial charge on any atom is 0.282 e. The molecule has 1 aromatic heterocycles. The van der Waals surface area contributed by atoms with Gasteiger partial charge in [0, 0.05) is 23.0 Å². The minimum atomic E-state index is -3.12. The molecule has 4 nitrogen and oxygen atoms in total. The van der Waals surface area contributed by atoms with E-state index in [2.05, 4.69) is 10.4 Å². The highest BCUT2D eigenvalue weighted by atomic mass is 19.3. The standard InChI is InChI=1S/C18H20F3N3O/c1-9-7-18(2,3)14-11(19)5-6-12(13(9)14)22-17(25)10-8-24(4)23-15(10)16(20)21/h5-6,8-9,16H,7H2,1-4H3,(H,22,25)/i4D3. The van der Waals surface area contributed by atoms with Crippen molar-refractivity contribution in [2.75, 3.05) is 5.32 Å². The molecule has 0 saturated carbocycles. The number of nitrogens with zero attached hydrogens (tertiary/aromatic N) is 2. The van der Waals surface area contributed by atoms with Crippen molar-refractivity contribution in [2.45, 2.75) is 45.0 Å². The lowest BCUT2D eigenvalue weighted by atomic mass is 9.85. The number of nitrogens with one attached hydrogen (secondary N) is 1. The average molecular weight is 354 g/mol. The molecule has 1 aliphatic carbocycles. The summed E-state index contributed by atoms with van der Waals surface area (Å²) in [6.07, 6.45) is -1.67. The normalized spacial score (nSPS) is 20.8. The van der Waals surface area contributed by atoms with E-state index in [4.69, 9.17) is 4.11 Å². The summed E-state index contributed by atoms with van der Waals surface area (Å²) < 4.78 is 63.2. The van der Waals surface area contributed by atoms with Gasteiger partial charge < -0.3 is 5.32 Å². The van der Waals surface area contributed by atoms with Crippen LogP contribution < -0.4 is 5.32 Å². The molecule has 0 bridgehead atoms. The van der Waals surface area contributed by atoms with Crippen LogP contribution in [0.1, 0.15) is 70.8 Å².